The SMILES string of the molecule is Cc1cc(C)n(CCCNC(=O)NCCc2cccc(Cl)c2)n1. The molecule has 6 heteroatoms. The van der Waals surface area contributed by atoms with Crippen LogP contribution in [0.3, 0.4) is 0 Å². The molecule has 0 aliphatic carbocycles. The Morgan fingerprint density at radius 1 is 1.22 bits per heavy atom. The number of hydrogen-bond acceptors (Lipinski definition) is 2. The van der Waals surface area contributed by atoms with Crippen LogP contribution in [0.15, 0.2) is 30.3 Å². The monoisotopic (exact) mass is 334 g/mol. The zero-order chi connectivity index (χ0) is 16.7. The molecule has 0 atom stereocenters. The molecule has 0 aliphatic rings. The number of rotatable bonds is 7. The number of urea groups is 1. The van der Waals surface area contributed by atoms with E-state index >= 15 is 0 Å². The van der Waals surface area contributed by atoms with Crippen LogP contribution in [0, 0.1) is 13.8 Å². The molecule has 0 saturated heterocycles. The number of nitrogens with zero attached hydrogens (tertiary/aromatic N) is 2. The molecule has 2 aromatic rings. The molecule has 0 radical (unpaired) electrons. The third-order valence-corrected chi connectivity index (χ3v) is 3.76. The first-order valence-electron chi connectivity index (χ1n) is 7.82. The van der Waals surface area contributed by atoms with E-state index in [-0.39, 0.29) is 6.03 Å². The van der Waals surface area contributed by atoms with E-state index in [2.05, 4.69) is 21.8 Å². The van der Waals surface area contributed by atoms with Crippen molar-refractivity contribution >= 4 is 17.6 Å². The summed E-state index contributed by atoms with van der Waals surface area (Å²) in [5.41, 5.74) is 3.28. The van der Waals surface area contributed by atoms with Crippen LogP contribution in [-0.2, 0) is 13.0 Å². The van der Waals surface area contributed by atoms with Crippen molar-refractivity contribution in [3.8, 4) is 0 Å². The van der Waals surface area contributed by atoms with Crippen LogP contribution in [-0.4, -0.2) is 28.9 Å². The van der Waals surface area contributed by atoms with Crippen LogP contribution < -0.4 is 10.6 Å². The zero-order valence-electron chi connectivity index (χ0n) is 13.6. The molecule has 124 valence electrons. The van der Waals surface area contributed by atoms with E-state index in [9.17, 15) is 4.79 Å². The summed E-state index contributed by atoms with van der Waals surface area (Å²) in [6.45, 7) is 6.04. The van der Waals surface area contributed by atoms with Crippen molar-refractivity contribution in [3.63, 3.8) is 0 Å². The molecule has 0 fully saturated rings. The van der Waals surface area contributed by atoms with E-state index in [1.54, 1.807) is 0 Å². The van der Waals surface area contributed by atoms with Gasteiger partial charge in [0.05, 0.1) is 5.69 Å². The summed E-state index contributed by atoms with van der Waals surface area (Å²) >= 11 is 5.93. The number of carbonyl (C=O) groups is 1. The van der Waals surface area contributed by atoms with Crippen LogP contribution >= 0.6 is 11.6 Å². The molecule has 0 spiro atoms. The van der Waals surface area contributed by atoms with Crippen LogP contribution in [0.5, 0.6) is 0 Å². The number of aryl methyl sites for hydroxylation is 3. The summed E-state index contributed by atoms with van der Waals surface area (Å²) in [5.74, 6) is 0. The van der Waals surface area contributed by atoms with Gasteiger partial charge in [-0.1, -0.05) is 23.7 Å². The molecule has 0 aliphatic heterocycles. The molecule has 2 N–H and O–H groups in total. The van der Waals surface area contributed by atoms with Gasteiger partial charge in [-0.25, -0.2) is 4.79 Å². The topological polar surface area (TPSA) is 59.0 Å². The summed E-state index contributed by atoms with van der Waals surface area (Å²) in [4.78, 5) is 11.7. The molecule has 0 saturated carbocycles. The van der Waals surface area contributed by atoms with Crippen LogP contribution in [0.2, 0.25) is 5.02 Å². The first-order chi connectivity index (χ1) is 11.0. The first kappa shape index (κ1) is 17.3. The molecule has 0 unspecified atom stereocenters. The molecule has 1 heterocycles. The second-order valence-corrected chi connectivity index (χ2v) is 6.00. The molecule has 5 nitrogen and oxygen atoms in total. The molecule has 2 amide bonds. The summed E-state index contributed by atoms with van der Waals surface area (Å²) < 4.78 is 1.97. The van der Waals surface area contributed by atoms with E-state index in [1.807, 2.05) is 42.8 Å². The predicted octanol–water partition coefficient (Wildman–Crippen LogP) is 3.09. The Hall–Kier alpha value is -2.01. The molecular formula is C17H23ClN4O. The number of halogens is 1. The third kappa shape index (κ3) is 5.94. The Labute approximate surface area is 142 Å². The standard InChI is InChI=1S/C17H23ClN4O/c1-13-11-14(2)22(21-13)10-4-8-19-17(23)20-9-7-15-5-3-6-16(18)12-15/h3,5-6,11-12H,4,7-10H2,1-2H3,(H2,19,20,23). The molecule has 1 aromatic carbocycles. The van der Waals surface area contributed by atoms with Crippen molar-refractivity contribution in [2.24, 2.45) is 0 Å². The highest BCUT2D eigenvalue weighted by molar-refractivity contribution is 6.30. The summed E-state index contributed by atoms with van der Waals surface area (Å²) in [6, 6.07) is 9.58. The number of nitrogens with one attached hydrogen (secondary N) is 2. The Kier molecular flexibility index (Phi) is 6.47. The van der Waals surface area contributed by atoms with Crippen molar-refractivity contribution in [2.75, 3.05) is 13.1 Å². The fourth-order valence-electron chi connectivity index (χ4n) is 2.41. The summed E-state index contributed by atoms with van der Waals surface area (Å²) in [6.07, 6.45) is 1.61. The van der Waals surface area contributed by atoms with Crippen LogP contribution in [0.1, 0.15) is 23.4 Å². The zero-order valence-corrected chi connectivity index (χ0v) is 14.4. The average molecular weight is 335 g/mol. The molecule has 1 aromatic heterocycles. The number of hydrogen-bond donors (Lipinski definition) is 2. The fraction of sp³-hybridized carbons (Fsp3) is 0.412. The highest BCUT2D eigenvalue weighted by Gasteiger charge is 2.02. The average Bonchev–Trinajstić information content (AvgIpc) is 2.82. The largest absolute Gasteiger partial charge is 0.338 e. The maximum atomic E-state index is 11.7. The molecule has 0 bridgehead atoms. The highest BCUT2D eigenvalue weighted by Crippen LogP contribution is 2.10. The Balaban J connectivity index is 1.59. The lowest BCUT2D eigenvalue weighted by Crippen LogP contribution is -2.37. The van der Waals surface area contributed by atoms with Gasteiger partial charge < -0.3 is 10.6 Å². The van der Waals surface area contributed by atoms with E-state index in [0.717, 1.165) is 41.4 Å². The predicted molar refractivity (Wildman–Crippen MR) is 92.9 cm³/mol. The minimum atomic E-state index is -0.139. The molecule has 23 heavy (non-hydrogen) atoms. The lowest BCUT2D eigenvalue weighted by molar-refractivity contribution is 0.240. The van der Waals surface area contributed by atoms with Gasteiger partial charge in [0.25, 0.3) is 0 Å². The maximum absolute atomic E-state index is 11.7. The normalized spacial score (nSPS) is 10.6. The lowest BCUT2D eigenvalue weighted by atomic mass is 10.1. The molecule has 2 rings (SSSR count). The van der Waals surface area contributed by atoms with Gasteiger partial charge in [-0.15, -0.1) is 0 Å². The Morgan fingerprint density at radius 2 is 2.00 bits per heavy atom. The van der Waals surface area contributed by atoms with Gasteiger partial charge in [-0.3, -0.25) is 4.68 Å². The summed E-state index contributed by atoms with van der Waals surface area (Å²) in [5, 5.41) is 10.8. The fourth-order valence-corrected chi connectivity index (χ4v) is 2.62. The number of aromatic nitrogens is 2. The Morgan fingerprint density at radius 3 is 2.70 bits per heavy atom. The smallest absolute Gasteiger partial charge is 0.314 e. The quantitative estimate of drug-likeness (QED) is 0.764. The van der Waals surface area contributed by atoms with Crippen LogP contribution in [0.25, 0.3) is 0 Å². The van der Waals surface area contributed by atoms with Gasteiger partial charge in [0, 0.05) is 30.4 Å². The highest BCUT2D eigenvalue weighted by atomic mass is 35.5. The van der Waals surface area contributed by atoms with Crippen molar-refractivity contribution in [3.05, 3.63) is 52.3 Å². The van der Waals surface area contributed by atoms with E-state index in [1.165, 1.54) is 0 Å². The van der Waals surface area contributed by atoms with Crippen molar-refractivity contribution < 1.29 is 4.79 Å². The minimum absolute atomic E-state index is 0.139. The van der Waals surface area contributed by atoms with Crippen molar-refractivity contribution in [2.45, 2.75) is 33.2 Å². The van der Waals surface area contributed by atoms with Gasteiger partial charge in [0.2, 0.25) is 0 Å². The van der Waals surface area contributed by atoms with Gasteiger partial charge in [0.15, 0.2) is 0 Å². The van der Waals surface area contributed by atoms with E-state index in [0.29, 0.717) is 13.1 Å². The number of carbonyl (C=O) groups excluding carboxylic acids is 1. The van der Waals surface area contributed by atoms with Gasteiger partial charge in [-0.2, -0.15) is 5.10 Å². The van der Waals surface area contributed by atoms with E-state index < -0.39 is 0 Å². The summed E-state index contributed by atoms with van der Waals surface area (Å²) in [7, 11) is 0. The maximum Gasteiger partial charge on any atom is 0.314 e. The second kappa shape index (κ2) is 8.58. The van der Waals surface area contributed by atoms with Gasteiger partial charge >= 0.3 is 6.03 Å². The van der Waals surface area contributed by atoms with Gasteiger partial charge in [-0.05, 0) is 50.5 Å². The minimum Gasteiger partial charge on any atom is -0.338 e. The van der Waals surface area contributed by atoms with Crippen molar-refractivity contribution in [1.82, 2.24) is 20.4 Å². The lowest BCUT2D eigenvalue weighted by Gasteiger charge is -2.08. The first-order valence-corrected chi connectivity index (χ1v) is 8.19. The van der Waals surface area contributed by atoms with Crippen LogP contribution in [0.4, 0.5) is 4.79 Å². The number of benzene rings is 1. The second-order valence-electron chi connectivity index (χ2n) is 5.57. The van der Waals surface area contributed by atoms with Gasteiger partial charge in [0.1, 0.15) is 0 Å². The molecular weight excluding hydrogens is 312 g/mol. The van der Waals surface area contributed by atoms with Crippen molar-refractivity contribution in [1.29, 1.82) is 0 Å². The van der Waals surface area contributed by atoms with E-state index in [4.69, 9.17) is 11.6 Å². The third-order valence-electron chi connectivity index (χ3n) is 3.52. The Bertz CT molecular complexity index is 654. The number of amides is 2.